The fourth-order valence-corrected chi connectivity index (χ4v) is 3.57. The Hall–Kier alpha value is -2.41. The molecular weight excluding hydrogens is 337 g/mol. The number of benzene rings is 1. The molecule has 1 aliphatic heterocycles. The molecule has 0 saturated heterocycles. The number of likely N-dealkylation sites (N-methyl/N-ethyl adjacent to an activating group) is 1. The number of carboxylic acids is 1. The van der Waals surface area contributed by atoms with Gasteiger partial charge >= 0.3 is 12.0 Å². The van der Waals surface area contributed by atoms with Gasteiger partial charge in [-0.15, -0.1) is 0 Å². The van der Waals surface area contributed by atoms with Crippen LogP contribution in [0.1, 0.15) is 25.3 Å². The molecular formula is C19H24FN3O3. The van der Waals surface area contributed by atoms with Crippen molar-refractivity contribution < 1.29 is 19.1 Å². The quantitative estimate of drug-likeness (QED) is 0.815. The first-order valence-corrected chi connectivity index (χ1v) is 8.93. The van der Waals surface area contributed by atoms with Gasteiger partial charge in [-0.2, -0.15) is 0 Å². The zero-order valence-corrected chi connectivity index (χ0v) is 14.8. The molecule has 7 heteroatoms. The Bertz CT molecular complexity index is 716. The van der Waals surface area contributed by atoms with E-state index in [-0.39, 0.29) is 30.5 Å². The van der Waals surface area contributed by atoms with Crippen molar-refractivity contribution in [2.24, 2.45) is 0 Å². The van der Waals surface area contributed by atoms with Crippen LogP contribution in [-0.4, -0.2) is 65.2 Å². The Morgan fingerprint density at radius 2 is 2.08 bits per heavy atom. The molecule has 26 heavy (non-hydrogen) atoms. The summed E-state index contributed by atoms with van der Waals surface area (Å²) < 4.78 is 13.9. The first-order chi connectivity index (χ1) is 12.5. The van der Waals surface area contributed by atoms with Gasteiger partial charge in [-0.25, -0.2) is 9.18 Å². The molecule has 140 valence electrons. The summed E-state index contributed by atoms with van der Waals surface area (Å²) in [6, 6.07) is 6.69. The van der Waals surface area contributed by atoms with Gasteiger partial charge in [0.25, 0.3) is 0 Å². The highest BCUT2D eigenvalue weighted by atomic mass is 19.1. The van der Waals surface area contributed by atoms with Gasteiger partial charge in [-0.05, 0) is 31.0 Å². The van der Waals surface area contributed by atoms with Crippen LogP contribution in [0.25, 0.3) is 5.57 Å². The largest absolute Gasteiger partial charge is 0.480 e. The number of carboxylic acid groups (broad SMARTS) is 1. The number of nitrogens with one attached hydrogen (secondary N) is 1. The van der Waals surface area contributed by atoms with Crippen LogP contribution < -0.4 is 5.32 Å². The molecule has 2 amide bonds. The van der Waals surface area contributed by atoms with Crippen molar-refractivity contribution in [1.82, 2.24) is 15.1 Å². The van der Waals surface area contributed by atoms with Gasteiger partial charge in [-0.1, -0.05) is 31.2 Å². The number of rotatable bonds is 6. The van der Waals surface area contributed by atoms with Crippen LogP contribution in [-0.2, 0) is 4.79 Å². The Balaban J connectivity index is 1.46. The second-order valence-corrected chi connectivity index (χ2v) is 6.82. The van der Waals surface area contributed by atoms with Crippen molar-refractivity contribution in [3.63, 3.8) is 0 Å². The zero-order valence-electron chi connectivity index (χ0n) is 14.8. The number of hydrogen-bond donors (Lipinski definition) is 2. The minimum Gasteiger partial charge on any atom is -0.480 e. The van der Waals surface area contributed by atoms with E-state index >= 15 is 0 Å². The zero-order chi connectivity index (χ0) is 18.7. The third kappa shape index (κ3) is 4.04. The summed E-state index contributed by atoms with van der Waals surface area (Å²) in [6.07, 6.45) is 3.40. The third-order valence-electron chi connectivity index (χ3n) is 5.13. The van der Waals surface area contributed by atoms with E-state index in [4.69, 9.17) is 5.11 Å². The number of carbonyl (C=O) groups excluding carboxylic acids is 1. The van der Waals surface area contributed by atoms with E-state index in [2.05, 4.69) is 5.32 Å². The normalized spacial score (nSPS) is 22.1. The molecule has 1 heterocycles. The summed E-state index contributed by atoms with van der Waals surface area (Å²) in [6.45, 7) is 3.51. The molecule has 0 atom stereocenters. The number of carbonyl (C=O) groups is 2. The Morgan fingerprint density at radius 3 is 2.73 bits per heavy atom. The molecule has 3 rings (SSSR count). The summed E-state index contributed by atoms with van der Waals surface area (Å²) >= 11 is 0. The minimum atomic E-state index is -0.830. The fourth-order valence-electron chi connectivity index (χ4n) is 3.57. The number of halogens is 1. The standard InChI is InChI=1S/C19H24FN3O3/c1-2-22(12-18(24)25)15-9-14(10-15)21-19(26)23-8-7-13(11-23)16-5-3-4-6-17(16)20/h3-7,14-15H,2,8-12H2,1H3,(H,21,26)(H,24,25). The van der Waals surface area contributed by atoms with Crippen molar-refractivity contribution in [1.29, 1.82) is 0 Å². The molecule has 0 radical (unpaired) electrons. The lowest BCUT2D eigenvalue weighted by atomic mass is 9.85. The molecule has 1 saturated carbocycles. The van der Waals surface area contributed by atoms with Gasteiger partial charge in [0.05, 0.1) is 6.54 Å². The molecule has 0 unspecified atom stereocenters. The lowest BCUT2D eigenvalue weighted by Crippen LogP contribution is -2.56. The van der Waals surface area contributed by atoms with Gasteiger partial charge in [-0.3, -0.25) is 9.69 Å². The maximum Gasteiger partial charge on any atom is 0.318 e. The molecule has 6 nitrogen and oxygen atoms in total. The number of nitrogens with zero attached hydrogens (tertiary/aromatic N) is 2. The van der Waals surface area contributed by atoms with Crippen molar-refractivity contribution in [3.05, 3.63) is 41.7 Å². The van der Waals surface area contributed by atoms with E-state index in [1.54, 1.807) is 23.1 Å². The Labute approximate surface area is 152 Å². The number of aliphatic carboxylic acids is 1. The van der Waals surface area contributed by atoms with E-state index in [0.717, 1.165) is 18.4 Å². The highest BCUT2D eigenvalue weighted by Crippen LogP contribution is 2.27. The van der Waals surface area contributed by atoms with Gasteiger partial charge in [0.2, 0.25) is 0 Å². The highest BCUT2D eigenvalue weighted by Gasteiger charge is 2.35. The predicted molar refractivity (Wildman–Crippen MR) is 96.2 cm³/mol. The predicted octanol–water partition coefficient (Wildman–Crippen LogP) is 2.17. The fraction of sp³-hybridized carbons (Fsp3) is 0.474. The van der Waals surface area contributed by atoms with E-state index in [9.17, 15) is 14.0 Å². The van der Waals surface area contributed by atoms with Crippen molar-refractivity contribution in [2.75, 3.05) is 26.2 Å². The van der Waals surface area contributed by atoms with Crippen LogP contribution in [0.4, 0.5) is 9.18 Å². The summed E-state index contributed by atoms with van der Waals surface area (Å²) in [5, 5.41) is 11.9. The summed E-state index contributed by atoms with van der Waals surface area (Å²) in [5.41, 5.74) is 1.36. The lowest BCUT2D eigenvalue weighted by Gasteiger charge is -2.42. The Kier molecular flexibility index (Phi) is 5.56. The number of hydrogen-bond acceptors (Lipinski definition) is 3. The highest BCUT2D eigenvalue weighted by molar-refractivity contribution is 5.81. The molecule has 1 aromatic rings. The monoisotopic (exact) mass is 361 g/mol. The first-order valence-electron chi connectivity index (χ1n) is 8.93. The van der Waals surface area contributed by atoms with Crippen LogP contribution >= 0.6 is 0 Å². The van der Waals surface area contributed by atoms with Crippen LogP contribution in [0.2, 0.25) is 0 Å². The Morgan fingerprint density at radius 1 is 1.35 bits per heavy atom. The molecule has 0 aromatic heterocycles. The minimum absolute atomic E-state index is 0.0316. The molecule has 1 aromatic carbocycles. The first kappa shape index (κ1) is 18.4. The molecule has 0 spiro atoms. The molecule has 1 fully saturated rings. The molecule has 2 aliphatic rings. The van der Waals surface area contributed by atoms with Crippen LogP contribution in [0, 0.1) is 5.82 Å². The van der Waals surface area contributed by atoms with Crippen LogP contribution in [0.15, 0.2) is 30.3 Å². The average Bonchev–Trinajstić information content (AvgIpc) is 3.06. The maximum absolute atomic E-state index is 13.9. The van der Waals surface area contributed by atoms with Crippen LogP contribution in [0.5, 0.6) is 0 Å². The third-order valence-corrected chi connectivity index (χ3v) is 5.13. The SMILES string of the molecule is CCN(CC(=O)O)C1CC(NC(=O)N2CC=C(c3ccccc3F)C2)C1. The summed E-state index contributed by atoms with van der Waals surface area (Å²) in [7, 11) is 0. The van der Waals surface area contributed by atoms with E-state index in [1.807, 2.05) is 17.9 Å². The van der Waals surface area contributed by atoms with Gasteiger partial charge in [0.1, 0.15) is 5.82 Å². The van der Waals surface area contributed by atoms with E-state index in [1.165, 1.54) is 6.07 Å². The lowest BCUT2D eigenvalue weighted by molar-refractivity contribution is -0.139. The van der Waals surface area contributed by atoms with E-state index in [0.29, 0.717) is 25.2 Å². The molecule has 0 bridgehead atoms. The van der Waals surface area contributed by atoms with Crippen molar-refractivity contribution in [3.8, 4) is 0 Å². The smallest absolute Gasteiger partial charge is 0.318 e. The summed E-state index contributed by atoms with van der Waals surface area (Å²) in [4.78, 5) is 26.9. The van der Waals surface area contributed by atoms with Crippen molar-refractivity contribution >= 4 is 17.6 Å². The van der Waals surface area contributed by atoms with Gasteiger partial charge < -0.3 is 15.3 Å². The second-order valence-electron chi connectivity index (χ2n) is 6.82. The topological polar surface area (TPSA) is 72.9 Å². The number of urea groups is 1. The van der Waals surface area contributed by atoms with Gasteiger partial charge in [0.15, 0.2) is 0 Å². The molecule has 2 N–H and O–H groups in total. The van der Waals surface area contributed by atoms with Gasteiger partial charge in [0, 0.05) is 30.7 Å². The second kappa shape index (κ2) is 7.86. The van der Waals surface area contributed by atoms with Crippen molar-refractivity contribution in [2.45, 2.75) is 31.8 Å². The van der Waals surface area contributed by atoms with Crippen LogP contribution in [0.3, 0.4) is 0 Å². The van der Waals surface area contributed by atoms with E-state index < -0.39 is 5.97 Å². The maximum atomic E-state index is 13.9. The number of amides is 2. The average molecular weight is 361 g/mol. The summed E-state index contributed by atoms with van der Waals surface area (Å²) in [5.74, 6) is -1.11. The molecule has 1 aliphatic carbocycles.